The molecular weight excluding hydrogens is 422 g/mol. The molecule has 27 heavy (non-hydrogen) atoms. The molecule has 0 aliphatic carbocycles. The summed E-state index contributed by atoms with van der Waals surface area (Å²) in [5, 5.41) is 0. The summed E-state index contributed by atoms with van der Waals surface area (Å²) in [6.45, 7) is 20.3. The normalized spacial score (nSPS) is 12.2. The Morgan fingerprint density at radius 2 is 0.889 bits per heavy atom. The highest BCUT2D eigenvalue weighted by Crippen LogP contribution is 2.22. The molecule has 0 amide bonds. The highest BCUT2D eigenvalue weighted by atomic mass is 79.9. The standard InChI is InChI=1S/C21H48NO3Si.BrH/c1-7-13-17-22(18-14-8-2,19-15-9-3)20-16-21-26(23-10-4,24-11-5)25-12-6;/h7-21H2,1-6H3;1H/q+1;/p-1. The molecule has 0 aromatic carbocycles. The Morgan fingerprint density at radius 1 is 0.556 bits per heavy atom. The zero-order valence-corrected chi connectivity index (χ0v) is 21.7. The molecule has 0 bridgehead atoms. The first kappa shape index (κ1) is 29.7. The van der Waals surface area contributed by atoms with Crippen LogP contribution in [0, 0.1) is 0 Å². The topological polar surface area (TPSA) is 27.7 Å². The maximum Gasteiger partial charge on any atom is 0.501 e. The van der Waals surface area contributed by atoms with Crippen molar-refractivity contribution in [2.24, 2.45) is 0 Å². The summed E-state index contributed by atoms with van der Waals surface area (Å²) in [5.74, 6) is 0. The summed E-state index contributed by atoms with van der Waals surface area (Å²) in [6, 6.07) is 0.951. The maximum absolute atomic E-state index is 6.06. The Balaban J connectivity index is 0. The first-order valence-corrected chi connectivity index (χ1v) is 13.3. The van der Waals surface area contributed by atoms with Gasteiger partial charge in [0.2, 0.25) is 0 Å². The van der Waals surface area contributed by atoms with Crippen LogP contribution in [0.1, 0.15) is 86.5 Å². The van der Waals surface area contributed by atoms with Gasteiger partial charge in [0, 0.05) is 32.3 Å². The van der Waals surface area contributed by atoms with Crippen molar-refractivity contribution in [3.05, 3.63) is 0 Å². The Morgan fingerprint density at radius 3 is 1.19 bits per heavy atom. The number of unbranched alkanes of at least 4 members (excludes halogenated alkanes) is 3. The lowest BCUT2D eigenvalue weighted by Crippen LogP contribution is -3.00. The molecule has 0 saturated carbocycles. The van der Waals surface area contributed by atoms with E-state index < -0.39 is 8.80 Å². The Kier molecular flexibility index (Phi) is 20.4. The molecule has 4 nitrogen and oxygen atoms in total. The van der Waals surface area contributed by atoms with E-state index in [9.17, 15) is 0 Å². The maximum atomic E-state index is 6.06. The Labute approximate surface area is 182 Å². The van der Waals surface area contributed by atoms with Gasteiger partial charge in [-0.25, -0.2) is 0 Å². The molecule has 0 aliphatic heterocycles. The molecule has 0 fully saturated rings. The molecule has 0 N–H and O–H groups in total. The van der Waals surface area contributed by atoms with Crippen molar-refractivity contribution in [1.29, 1.82) is 0 Å². The van der Waals surface area contributed by atoms with E-state index in [1.54, 1.807) is 0 Å². The molecule has 0 aromatic heterocycles. The number of rotatable bonds is 19. The van der Waals surface area contributed by atoms with Crippen LogP contribution in [0.5, 0.6) is 0 Å². The third-order valence-electron chi connectivity index (χ3n) is 5.17. The van der Waals surface area contributed by atoms with Crippen molar-refractivity contribution in [3.8, 4) is 0 Å². The van der Waals surface area contributed by atoms with Crippen LogP contribution in [-0.2, 0) is 13.3 Å². The molecule has 0 unspecified atom stereocenters. The summed E-state index contributed by atoms with van der Waals surface area (Å²) in [6.07, 6.45) is 8.99. The molecule has 0 aromatic rings. The largest absolute Gasteiger partial charge is 1.00 e. The quantitative estimate of drug-likeness (QED) is 0.215. The number of quaternary nitrogens is 1. The predicted molar refractivity (Wildman–Crippen MR) is 115 cm³/mol. The molecule has 0 atom stereocenters. The lowest BCUT2D eigenvalue weighted by Gasteiger charge is -2.40. The van der Waals surface area contributed by atoms with Crippen molar-refractivity contribution in [2.45, 2.75) is 92.5 Å². The van der Waals surface area contributed by atoms with E-state index in [4.69, 9.17) is 13.3 Å². The molecule has 0 aliphatic rings. The van der Waals surface area contributed by atoms with Crippen molar-refractivity contribution >= 4 is 8.80 Å². The monoisotopic (exact) mass is 469 g/mol. The van der Waals surface area contributed by atoms with Gasteiger partial charge in [0.15, 0.2) is 0 Å². The molecule has 0 rings (SSSR count). The van der Waals surface area contributed by atoms with E-state index in [0.29, 0.717) is 19.8 Å². The van der Waals surface area contributed by atoms with E-state index in [1.807, 2.05) is 20.8 Å². The van der Waals surface area contributed by atoms with Crippen LogP contribution >= 0.6 is 0 Å². The van der Waals surface area contributed by atoms with Gasteiger partial charge in [0.05, 0.1) is 26.2 Å². The summed E-state index contributed by atoms with van der Waals surface area (Å²) in [7, 11) is -2.50. The third kappa shape index (κ3) is 12.7. The van der Waals surface area contributed by atoms with Crippen LogP contribution in [0.25, 0.3) is 0 Å². The predicted octanol–water partition coefficient (Wildman–Crippen LogP) is 2.65. The van der Waals surface area contributed by atoms with Crippen LogP contribution in [0.15, 0.2) is 0 Å². The molecule has 0 spiro atoms. The summed E-state index contributed by atoms with van der Waals surface area (Å²) < 4.78 is 19.5. The summed E-state index contributed by atoms with van der Waals surface area (Å²) >= 11 is 0. The summed E-state index contributed by atoms with van der Waals surface area (Å²) in [4.78, 5) is 0. The minimum Gasteiger partial charge on any atom is -1.00 e. The van der Waals surface area contributed by atoms with Gasteiger partial charge in [-0.1, -0.05) is 40.0 Å². The van der Waals surface area contributed by atoms with Gasteiger partial charge in [-0.15, -0.1) is 0 Å². The highest BCUT2D eigenvalue weighted by Gasteiger charge is 2.40. The van der Waals surface area contributed by atoms with Crippen molar-refractivity contribution in [3.63, 3.8) is 0 Å². The fourth-order valence-corrected chi connectivity index (χ4v) is 6.38. The van der Waals surface area contributed by atoms with Gasteiger partial charge >= 0.3 is 8.80 Å². The lowest BCUT2D eigenvalue weighted by atomic mass is 10.1. The van der Waals surface area contributed by atoms with Gasteiger partial charge in [-0.05, 0) is 40.0 Å². The molecule has 6 heteroatoms. The fraction of sp³-hybridized carbons (Fsp3) is 1.00. The van der Waals surface area contributed by atoms with Gasteiger partial charge in [-0.2, -0.15) is 0 Å². The SMILES string of the molecule is CCCC[N+](CCCC)(CCCC)CCC[Si](OCC)(OCC)OCC.[Br-]. The fourth-order valence-electron chi connectivity index (χ4n) is 3.78. The van der Waals surface area contributed by atoms with Crippen molar-refractivity contribution < 1.29 is 34.7 Å². The second-order valence-corrected chi connectivity index (χ2v) is 10.1. The van der Waals surface area contributed by atoms with Crippen LogP contribution in [0.3, 0.4) is 0 Å². The smallest absolute Gasteiger partial charge is 0.501 e. The lowest BCUT2D eigenvalue weighted by molar-refractivity contribution is -0.928. The van der Waals surface area contributed by atoms with Gasteiger partial charge in [-0.3, -0.25) is 0 Å². The first-order valence-electron chi connectivity index (χ1n) is 11.3. The number of hydrogen-bond donors (Lipinski definition) is 0. The Hall–Kier alpha value is 0.537. The van der Waals surface area contributed by atoms with E-state index in [2.05, 4.69) is 20.8 Å². The zero-order valence-electron chi connectivity index (χ0n) is 19.2. The van der Waals surface area contributed by atoms with Crippen LogP contribution in [0.4, 0.5) is 0 Å². The second kappa shape index (κ2) is 18.6. The third-order valence-corrected chi connectivity index (χ3v) is 8.32. The number of hydrogen-bond acceptors (Lipinski definition) is 3. The number of halogens is 1. The minimum absolute atomic E-state index is 0. The molecule has 166 valence electrons. The number of nitrogens with zero attached hydrogens (tertiary/aromatic N) is 1. The minimum atomic E-state index is -2.50. The van der Waals surface area contributed by atoms with E-state index in [0.717, 1.165) is 12.5 Å². The Bertz CT molecular complexity index is 283. The molecule has 0 saturated heterocycles. The van der Waals surface area contributed by atoms with Gasteiger partial charge < -0.3 is 34.7 Å². The van der Waals surface area contributed by atoms with Gasteiger partial charge in [0.1, 0.15) is 0 Å². The molecular formula is C21H48BrNO3Si. The highest BCUT2D eigenvalue weighted by molar-refractivity contribution is 6.60. The van der Waals surface area contributed by atoms with Gasteiger partial charge in [0.25, 0.3) is 0 Å². The average molecular weight is 471 g/mol. The van der Waals surface area contributed by atoms with Crippen molar-refractivity contribution in [2.75, 3.05) is 46.0 Å². The summed E-state index contributed by atoms with van der Waals surface area (Å²) in [5.41, 5.74) is 0. The van der Waals surface area contributed by atoms with Crippen LogP contribution < -0.4 is 17.0 Å². The van der Waals surface area contributed by atoms with E-state index in [1.165, 1.54) is 69.2 Å². The zero-order chi connectivity index (χ0) is 19.7. The first-order chi connectivity index (χ1) is 12.6. The average Bonchev–Trinajstić information content (AvgIpc) is 2.63. The molecule has 0 heterocycles. The van der Waals surface area contributed by atoms with E-state index in [-0.39, 0.29) is 17.0 Å². The van der Waals surface area contributed by atoms with Crippen molar-refractivity contribution in [1.82, 2.24) is 0 Å². The van der Waals surface area contributed by atoms with Crippen LogP contribution in [0.2, 0.25) is 6.04 Å². The molecule has 0 radical (unpaired) electrons. The van der Waals surface area contributed by atoms with E-state index >= 15 is 0 Å². The second-order valence-electron chi connectivity index (χ2n) is 7.38. The van der Waals surface area contributed by atoms with Crippen LogP contribution in [-0.4, -0.2) is 59.3 Å².